The zero-order chi connectivity index (χ0) is 20.7. The van der Waals surface area contributed by atoms with Crippen LogP contribution in [0.3, 0.4) is 0 Å². The Morgan fingerprint density at radius 3 is 3.00 bits per heavy atom. The Labute approximate surface area is 180 Å². The van der Waals surface area contributed by atoms with Gasteiger partial charge in [-0.2, -0.15) is 5.26 Å². The normalized spacial score (nSPS) is 18.5. The summed E-state index contributed by atoms with van der Waals surface area (Å²) >= 11 is 6.45. The lowest BCUT2D eigenvalue weighted by Gasteiger charge is -2.17. The highest BCUT2D eigenvalue weighted by Crippen LogP contribution is 2.31. The maximum atomic E-state index is 11.6. The predicted octanol–water partition coefficient (Wildman–Crippen LogP) is 4.29. The van der Waals surface area contributed by atoms with Gasteiger partial charge in [-0.3, -0.25) is 4.79 Å². The second-order valence-corrected chi connectivity index (χ2v) is 8.83. The Hall–Kier alpha value is -2.81. The highest BCUT2D eigenvalue weighted by molar-refractivity contribution is 6.32. The first-order valence-corrected chi connectivity index (χ1v) is 10.8. The molecule has 0 spiro atoms. The van der Waals surface area contributed by atoms with Gasteiger partial charge in [0.25, 0.3) is 0 Å². The summed E-state index contributed by atoms with van der Waals surface area (Å²) in [5.74, 6) is 0.679. The van der Waals surface area contributed by atoms with E-state index in [2.05, 4.69) is 39.6 Å². The van der Waals surface area contributed by atoms with Crippen molar-refractivity contribution in [2.24, 2.45) is 5.92 Å². The van der Waals surface area contributed by atoms with Gasteiger partial charge in [0.05, 0.1) is 18.1 Å². The quantitative estimate of drug-likeness (QED) is 0.649. The van der Waals surface area contributed by atoms with Crippen LogP contribution in [0.1, 0.15) is 28.7 Å². The highest BCUT2D eigenvalue weighted by Gasteiger charge is 2.24. The van der Waals surface area contributed by atoms with Crippen LogP contribution < -0.4 is 5.32 Å². The average Bonchev–Trinajstić information content (AvgIpc) is 3.44. The van der Waals surface area contributed by atoms with Crippen molar-refractivity contribution in [2.75, 3.05) is 25.0 Å². The Kier molecular flexibility index (Phi) is 4.98. The van der Waals surface area contributed by atoms with E-state index in [1.165, 1.54) is 17.4 Å². The summed E-state index contributed by atoms with van der Waals surface area (Å²) in [6.45, 7) is 3.18. The summed E-state index contributed by atoms with van der Waals surface area (Å²) in [6.07, 6.45) is 5.69. The molecule has 2 N–H and O–H groups in total. The van der Waals surface area contributed by atoms with Gasteiger partial charge in [0.15, 0.2) is 0 Å². The van der Waals surface area contributed by atoms with E-state index in [9.17, 15) is 4.79 Å². The number of anilines is 1. The largest absolute Gasteiger partial charge is 0.361 e. The van der Waals surface area contributed by atoms with Crippen LogP contribution in [0.4, 0.5) is 5.69 Å². The molecule has 5 nitrogen and oxygen atoms in total. The summed E-state index contributed by atoms with van der Waals surface area (Å²) in [5, 5.41) is 13.9. The van der Waals surface area contributed by atoms with Crippen LogP contribution in [0.25, 0.3) is 10.9 Å². The number of benzene rings is 2. The summed E-state index contributed by atoms with van der Waals surface area (Å²) in [4.78, 5) is 17.4. The summed E-state index contributed by atoms with van der Waals surface area (Å²) in [6, 6.07) is 12.0. The average molecular weight is 419 g/mol. The number of rotatable bonds is 5. The lowest BCUT2D eigenvalue weighted by molar-refractivity contribution is -0.115. The number of aromatic amines is 1. The molecule has 5 rings (SSSR count). The van der Waals surface area contributed by atoms with Crippen LogP contribution in [0.5, 0.6) is 0 Å². The Morgan fingerprint density at radius 1 is 1.23 bits per heavy atom. The van der Waals surface area contributed by atoms with Crippen LogP contribution in [0.2, 0.25) is 5.02 Å². The molecule has 152 valence electrons. The van der Waals surface area contributed by atoms with Crippen molar-refractivity contribution in [2.45, 2.75) is 25.7 Å². The number of nitriles is 1. The molecule has 1 atom stereocenters. The van der Waals surface area contributed by atoms with E-state index in [0.717, 1.165) is 59.8 Å². The number of fused-ring (bicyclic) bond motifs is 2. The molecule has 2 aliphatic rings. The van der Waals surface area contributed by atoms with Crippen LogP contribution in [-0.2, 0) is 24.1 Å². The number of carbonyl (C=O) groups excluding carboxylic acids is 1. The number of carbonyl (C=O) groups is 1. The van der Waals surface area contributed by atoms with Crippen molar-refractivity contribution >= 4 is 34.1 Å². The molecule has 2 aromatic carbocycles. The van der Waals surface area contributed by atoms with Crippen LogP contribution in [0, 0.1) is 17.2 Å². The van der Waals surface area contributed by atoms with Gasteiger partial charge in [0.1, 0.15) is 0 Å². The number of hydrogen-bond donors (Lipinski definition) is 2. The molecular weight excluding hydrogens is 396 g/mol. The lowest BCUT2D eigenvalue weighted by Crippen LogP contribution is -2.24. The maximum Gasteiger partial charge on any atom is 0.228 e. The van der Waals surface area contributed by atoms with E-state index in [0.29, 0.717) is 17.9 Å². The van der Waals surface area contributed by atoms with Gasteiger partial charge in [0.2, 0.25) is 5.91 Å². The number of likely N-dealkylation sites (tertiary alicyclic amines) is 1. The maximum absolute atomic E-state index is 11.6. The Balaban J connectivity index is 1.20. The van der Waals surface area contributed by atoms with Crippen LogP contribution in [-0.4, -0.2) is 35.4 Å². The first-order chi connectivity index (χ1) is 14.6. The van der Waals surface area contributed by atoms with Crippen molar-refractivity contribution in [3.63, 3.8) is 0 Å². The van der Waals surface area contributed by atoms with E-state index in [1.54, 1.807) is 0 Å². The molecule has 1 aromatic heterocycles. The molecule has 1 fully saturated rings. The zero-order valence-corrected chi connectivity index (χ0v) is 17.4. The van der Waals surface area contributed by atoms with Gasteiger partial charge in [0, 0.05) is 40.9 Å². The minimum Gasteiger partial charge on any atom is -0.361 e. The van der Waals surface area contributed by atoms with E-state index in [1.807, 2.05) is 18.2 Å². The fraction of sp³-hybridized carbons (Fsp3) is 0.333. The van der Waals surface area contributed by atoms with E-state index >= 15 is 0 Å². The summed E-state index contributed by atoms with van der Waals surface area (Å²) < 4.78 is 0. The molecule has 3 aromatic rings. The molecule has 1 saturated heterocycles. The fourth-order valence-corrected chi connectivity index (χ4v) is 5.05. The van der Waals surface area contributed by atoms with E-state index in [-0.39, 0.29) is 5.91 Å². The molecule has 0 radical (unpaired) electrons. The fourth-order valence-electron chi connectivity index (χ4n) is 4.79. The molecule has 2 aliphatic heterocycles. The second kappa shape index (κ2) is 7.79. The minimum absolute atomic E-state index is 0.0433. The minimum atomic E-state index is 0.0433. The smallest absolute Gasteiger partial charge is 0.228 e. The third kappa shape index (κ3) is 3.69. The van der Waals surface area contributed by atoms with Gasteiger partial charge < -0.3 is 15.2 Å². The van der Waals surface area contributed by atoms with Crippen molar-refractivity contribution in [1.82, 2.24) is 9.88 Å². The molecule has 3 heterocycles. The third-order valence-electron chi connectivity index (χ3n) is 6.37. The number of hydrogen-bond acceptors (Lipinski definition) is 3. The van der Waals surface area contributed by atoms with Crippen LogP contribution >= 0.6 is 11.6 Å². The molecule has 1 amide bonds. The standard InChI is InChI=1S/C24H23ClN4O/c25-21-11-22-18(10-24(30)28-22)9-17(21)4-6-29-5-3-16(14-29)7-19-13-27-23-8-15(12-26)1-2-20(19)23/h1-2,8-9,11,13,16,27H,3-7,10,14H2,(H,28,30). The van der Waals surface area contributed by atoms with Crippen molar-refractivity contribution in [3.05, 3.63) is 63.8 Å². The second-order valence-electron chi connectivity index (χ2n) is 8.42. The molecule has 1 unspecified atom stereocenters. The van der Waals surface area contributed by atoms with Crippen molar-refractivity contribution < 1.29 is 4.79 Å². The molecule has 6 heteroatoms. The predicted molar refractivity (Wildman–Crippen MR) is 119 cm³/mol. The molecule has 0 bridgehead atoms. The number of halogens is 1. The lowest BCUT2D eigenvalue weighted by atomic mass is 9.98. The zero-order valence-electron chi connectivity index (χ0n) is 16.7. The summed E-state index contributed by atoms with van der Waals surface area (Å²) in [7, 11) is 0. The van der Waals surface area contributed by atoms with Gasteiger partial charge >= 0.3 is 0 Å². The molecule has 30 heavy (non-hydrogen) atoms. The van der Waals surface area contributed by atoms with Gasteiger partial charge in [-0.05, 0) is 66.6 Å². The van der Waals surface area contributed by atoms with Gasteiger partial charge in [-0.1, -0.05) is 23.7 Å². The van der Waals surface area contributed by atoms with E-state index in [4.69, 9.17) is 16.9 Å². The van der Waals surface area contributed by atoms with Crippen LogP contribution in [0.15, 0.2) is 36.5 Å². The Bertz CT molecular complexity index is 1180. The third-order valence-corrected chi connectivity index (χ3v) is 6.72. The van der Waals surface area contributed by atoms with E-state index < -0.39 is 0 Å². The topological polar surface area (TPSA) is 71.9 Å². The van der Waals surface area contributed by atoms with Gasteiger partial charge in [-0.15, -0.1) is 0 Å². The molecule has 0 aliphatic carbocycles. The first kappa shape index (κ1) is 19.2. The number of H-pyrrole nitrogens is 1. The van der Waals surface area contributed by atoms with Gasteiger partial charge in [-0.25, -0.2) is 0 Å². The molecule has 0 saturated carbocycles. The van der Waals surface area contributed by atoms with Crippen molar-refractivity contribution in [1.29, 1.82) is 5.26 Å². The van der Waals surface area contributed by atoms with Crippen molar-refractivity contribution in [3.8, 4) is 6.07 Å². The number of nitrogens with zero attached hydrogens (tertiary/aromatic N) is 2. The summed E-state index contributed by atoms with van der Waals surface area (Å²) in [5.41, 5.74) is 6.10. The molecular formula is C24H23ClN4O. The number of amides is 1. The highest BCUT2D eigenvalue weighted by atomic mass is 35.5. The first-order valence-electron chi connectivity index (χ1n) is 10.4. The monoisotopic (exact) mass is 418 g/mol. The number of aromatic nitrogens is 1. The SMILES string of the molecule is N#Cc1ccc2c(CC3CCN(CCc4cc5c(cc4Cl)NC(=O)C5)C3)c[nH]c2c1. The number of nitrogens with one attached hydrogen (secondary N) is 2. The Morgan fingerprint density at radius 2 is 2.13 bits per heavy atom.